The van der Waals surface area contributed by atoms with Gasteiger partial charge in [-0.3, -0.25) is 0 Å². The summed E-state index contributed by atoms with van der Waals surface area (Å²) in [5.74, 6) is 0. The van der Waals surface area contributed by atoms with Crippen LogP contribution in [0.15, 0.2) is 211 Å². The molecule has 4 heteroatoms. The van der Waals surface area contributed by atoms with E-state index in [1.165, 1.54) is 47.8 Å². The van der Waals surface area contributed by atoms with Gasteiger partial charge >= 0.3 is 0 Å². The first-order valence-electron chi connectivity index (χ1n) is 18.9. The summed E-state index contributed by atoms with van der Waals surface area (Å²) in [6.07, 6.45) is 0. The molecule has 9 aromatic carbocycles. The van der Waals surface area contributed by atoms with Crippen molar-refractivity contribution in [3.63, 3.8) is 0 Å². The predicted molar refractivity (Wildman–Crippen MR) is 239 cm³/mol. The summed E-state index contributed by atoms with van der Waals surface area (Å²) < 4.78 is 8.80. The van der Waals surface area contributed by atoms with Crippen LogP contribution in [0.3, 0.4) is 0 Å². The van der Waals surface area contributed by atoms with Crippen molar-refractivity contribution in [2.45, 2.75) is 0 Å². The van der Waals surface area contributed by atoms with Gasteiger partial charge in [0.05, 0.1) is 16.1 Å². The second-order valence-electron chi connectivity index (χ2n) is 14.1. The van der Waals surface area contributed by atoms with Gasteiger partial charge in [0.2, 0.25) is 0 Å². The molecule has 0 aliphatic carbocycles. The molecule has 0 bridgehead atoms. The van der Waals surface area contributed by atoms with Crippen LogP contribution in [0.1, 0.15) is 0 Å². The third kappa shape index (κ3) is 5.34. The molecule has 0 amide bonds. The zero-order valence-corrected chi connectivity index (χ0v) is 31.2. The minimum Gasteiger partial charge on any atom is -0.456 e. The number of fused-ring (bicyclic) bond motifs is 7. The first-order chi connectivity index (χ1) is 27.8. The maximum absolute atomic E-state index is 6.22. The number of benzene rings is 9. The molecule has 2 heterocycles. The lowest BCUT2D eigenvalue weighted by molar-refractivity contribution is 0.669. The Bertz CT molecular complexity index is 3200. The topological polar surface area (TPSA) is 19.6 Å². The molecule has 0 aliphatic rings. The number of thiophene rings is 1. The molecule has 0 saturated carbocycles. The Hall–Kier alpha value is -7.14. The lowest BCUT2D eigenvalue weighted by Gasteiger charge is -2.28. The van der Waals surface area contributed by atoms with E-state index < -0.39 is 0 Å². The largest absolute Gasteiger partial charge is 0.456 e. The van der Waals surface area contributed by atoms with Crippen molar-refractivity contribution in [2.75, 3.05) is 9.80 Å². The molecule has 11 aromatic rings. The van der Waals surface area contributed by atoms with Gasteiger partial charge in [-0.25, -0.2) is 0 Å². The van der Waals surface area contributed by atoms with Crippen molar-refractivity contribution in [3.8, 4) is 11.1 Å². The Kier molecular flexibility index (Phi) is 7.68. The molecule has 0 N–H and O–H groups in total. The Balaban J connectivity index is 1.03. The minimum atomic E-state index is 0.887. The quantitative estimate of drug-likeness (QED) is 0.163. The highest BCUT2D eigenvalue weighted by atomic mass is 32.1. The molecule has 56 heavy (non-hydrogen) atoms. The molecule has 0 fully saturated rings. The van der Waals surface area contributed by atoms with Crippen LogP contribution < -0.4 is 9.80 Å². The van der Waals surface area contributed by atoms with E-state index in [0.29, 0.717) is 0 Å². The molecule has 2 aromatic heterocycles. The number of rotatable bonds is 7. The van der Waals surface area contributed by atoms with E-state index in [-0.39, 0.29) is 0 Å². The third-order valence-corrected chi connectivity index (χ3v) is 12.1. The first kappa shape index (κ1) is 32.3. The zero-order chi connectivity index (χ0) is 37.0. The van der Waals surface area contributed by atoms with E-state index in [2.05, 4.69) is 204 Å². The number of para-hydroxylation sites is 3. The highest BCUT2D eigenvalue weighted by Gasteiger charge is 2.21. The van der Waals surface area contributed by atoms with Gasteiger partial charge < -0.3 is 14.2 Å². The van der Waals surface area contributed by atoms with Crippen molar-refractivity contribution in [1.29, 1.82) is 0 Å². The molecular weight excluding hydrogens is 701 g/mol. The van der Waals surface area contributed by atoms with Crippen LogP contribution in [0.25, 0.3) is 64.0 Å². The first-order valence-corrected chi connectivity index (χ1v) is 19.7. The number of nitrogens with zero attached hydrogens (tertiary/aromatic N) is 2. The molecule has 264 valence electrons. The van der Waals surface area contributed by atoms with Gasteiger partial charge in [0.15, 0.2) is 0 Å². The number of furan rings is 1. The van der Waals surface area contributed by atoms with Crippen LogP contribution in [0.5, 0.6) is 0 Å². The molecule has 0 unspecified atom stereocenters. The Morgan fingerprint density at radius 1 is 0.339 bits per heavy atom. The molecular formula is C52H34N2OS. The van der Waals surface area contributed by atoms with E-state index in [4.69, 9.17) is 4.42 Å². The fourth-order valence-electron chi connectivity index (χ4n) is 8.29. The summed E-state index contributed by atoms with van der Waals surface area (Å²) in [6.45, 7) is 0. The highest BCUT2D eigenvalue weighted by Crippen LogP contribution is 2.46. The molecule has 0 atom stereocenters. The fraction of sp³-hybridized carbons (Fsp3) is 0. The average Bonchev–Trinajstić information content (AvgIpc) is 3.84. The second-order valence-corrected chi connectivity index (χ2v) is 15.1. The third-order valence-electron chi connectivity index (χ3n) is 10.9. The summed E-state index contributed by atoms with van der Waals surface area (Å²) in [6, 6.07) is 73.9. The van der Waals surface area contributed by atoms with Crippen molar-refractivity contribution in [2.24, 2.45) is 0 Å². The van der Waals surface area contributed by atoms with Gasteiger partial charge in [-0.2, -0.15) is 0 Å². The summed E-state index contributed by atoms with van der Waals surface area (Å²) in [5, 5.41) is 7.19. The molecule has 0 spiro atoms. The van der Waals surface area contributed by atoms with Gasteiger partial charge in [-0.1, -0.05) is 127 Å². The maximum atomic E-state index is 6.22. The van der Waals surface area contributed by atoms with Crippen LogP contribution in [-0.4, -0.2) is 0 Å². The van der Waals surface area contributed by atoms with Crippen molar-refractivity contribution in [3.05, 3.63) is 206 Å². The summed E-state index contributed by atoms with van der Waals surface area (Å²) >= 11 is 1.86. The lowest BCUT2D eigenvalue weighted by Crippen LogP contribution is -2.10. The summed E-state index contributed by atoms with van der Waals surface area (Å²) in [5.41, 5.74) is 10.9. The van der Waals surface area contributed by atoms with Crippen LogP contribution >= 0.6 is 11.3 Å². The SMILES string of the molecule is c1ccc(N(c2ccc3oc4ccccc4c3c2)c2ccc(-c3ccc(N(c4ccccc4)c4cccc5c4sc4ccccc45)cc3)c3ccccc23)cc1. The lowest BCUT2D eigenvalue weighted by atomic mass is 9.96. The van der Waals surface area contributed by atoms with Crippen molar-refractivity contribution in [1.82, 2.24) is 0 Å². The van der Waals surface area contributed by atoms with Gasteiger partial charge in [0.1, 0.15) is 11.2 Å². The second kappa shape index (κ2) is 13.3. The van der Waals surface area contributed by atoms with Crippen LogP contribution in [0, 0.1) is 0 Å². The Morgan fingerprint density at radius 2 is 0.911 bits per heavy atom. The van der Waals surface area contributed by atoms with E-state index in [1.807, 2.05) is 23.5 Å². The van der Waals surface area contributed by atoms with E-state index in [1.54, 1.807) is 0 Å². The Morgan fingerprint density at radius 3 is 1.68 bits per heavy atom. The summed E-state index contributed by atoms with van der Waals surface area (Å²) in [4.78, 5) is 4.75. The molecule has 0 saturated heterocycles. The van der Waals surface area contributed by atoms with E-state index in [0.717, 1.165) is 50.4 Å². The van der Waals surface area contributed by atoms with Crippen molar-refractivity contribution < 1.29 is 4.42 Å². The smallest absolute Gasteiger partial charge is 0.135 e. The molecule has 0 aliphatic heterocycles. The van der Waals surface area contributed by atoms with Gasteiger partial charge in [0, 0.05) is 54.4 Å². The highest BCUT2D eigenvalue weighted by molar-refractivity contribution is 7.26. The predicted octanol–water partition coefficient (Wildman–Crippen LogP) is 15.7. The standard InChI is InChI=1S/C52H34N2OS/c1-3-14-36(15-4-1)53(48-23-13-22-45-44-21-10-12-25-51(44)56-52(45)48)38-28-26-35(27-29-38)40-31-32-47(42-19-8-7-18-41(40)42)54(37-16-5-2-6-17-37)39-30-33-50-46(34-39)43-20-9-11-24-49(43)55-50/h1-34H. The number of anilines is 6. The van der Waals surface area contributed by atoms with E-state index in [9.17, 15) is 0 Å². The number of hydrogen-bond acceptors (Lipinski definition) is 4. The van der Waals surface area contributed by atoms with Crippen LogP contribution in [-0.2, 0) is 0 Å². The monoisotopic (exact) mass is 734 g/mol. The Labute approximate surface area is 328 Å². The van der Waals surface area contributed by atoms with Crippen LogP contribution in [0.4, 0.5) is 34.1 Å². The van der Waals surface area contributed by atoms with Crippen molar-refractivity contribution >= 4 is 98.3 Å². The minimum absolute atomic E-state index is 0.887. The fourth-order valence-corrected chi connectivity index (χ4v) is 9.50. The molecule has 0 radical (unpaired) electrons. The van der Waals surface area contributed by atoms with Gasteiger partial charge in [-0.15, -0.1) is 11.3 Å². The molecule has 3 nitrogen and oxygen atoms in total. The van der Waals surface area contributed by atoms with Gasteiger partial charge in [-0.05, 0) is 95.4 Å². The maximum Gasteiger partial charge on any atom is 0.135 e. The molecule has 11 rings (SSSR count). The normalized spacial score (nSPS) is 11.6. The van der Waals surface area contributed by atoms with E-state index >= 15 is 0 Å². The number of hydrogen-bond donors (Lipinski definition) is 0. The van der Waals surface area contributed by atoms with Crippen LogP contribution in [0.2, 0.25) is 0 Å². The zero-order valence-electron chi connectivity index (χ0n) is 30.3. The van der Waals surface area contributed by atoms with Gasteiger partial charge in [0.25, 0.3) is 0 Å². The summed E-state index contributed by atoms with van der Waals surface area (Å²) in [7, 11) is 0. The average molecular weight is 735 g/mol.